The molecule has 4 rings (SSSR count). The quantitative estimate of drug-likeness (QED) is 0.516. The molecule has 0 aliphatic carbocycles. The smallest absolute Gasteiger partial charge is 0.322 e. The Morgan fingerprint density at radius 1 is 1.12 bits per heavy atom. The normalized spacial score (nSPS) is 16.4. The molecule has 1 N–H and O–H groups in total. The lowest BCUT2D eigenvalue weighted by molar-refractivity contribution is 0.174. The molecule has 166 valence electrons. The summed E-state index contributed by atoms with van der Waals surface area (Å²) in [6.45, 7) is 5.16. The minimum Gasteiger partial charge on any atom is -0.385 e. The fourth-order valence-corrected chi connectivity index (χ4v) is 3.93. The SMILES string of the molecule is CCc1ccc(C2NC(=O)N(CCCOC)C(C)=C2c2nc(-c3ccccc3)no2)cc1. The zero-order chi connectivity index (χ0) is 22.5. The first-order valence-electron chi connectivity index (χ1n) is 10.9. The average Bonchev–Trinajstić information content (AvgIpc) is 3.31. The van der Waals surface area contributed by atoms with Crippen LogP contribution in [0.4, 0.5) is 4.79 Å². The third kappa shape index (κ3) is 4.43. The summed E-state index contributed by atoms with van der Waals surface area (Å²) in [5, 5.41) is 7.34. The van der Waals surface area contributed by atoms with Crippen molar-refractivity contribution in [1.82, 2.24) is 20.4 Å². The van der Waals surface area contributed by atoms with Crippen molar-refractivity contribution >= 4 is 11.6 Å². The molecule has 7 heteroatoms. The lowest BCUT2D eigenvalue weighted by Crippen LogP contribution is -2.46. The average molecular weight is 433 g/mol. The van der Waals surface area contributed by atoms with Crippen molar-refractivity contribution in [2.24, 2.45) is 0 Å². The molecule has 0 saturated carbocycles. The molecule has 0 bridgehead atoms. The van der Waals surface area contributed by atoms with E-state index in [1.807, 2.05) is 49.4 Å². The van der Waals surface area contributed by atoms with Crippen LogP contribution in [0.15, 0.2) is 64.8 Å². The number of urea groups is 1. The van der Waals surface area contributed by atoms with E-state index in [1.165, 1.54) is 5.56 Å². The van der Waals surface area contributed by atoms with Crippen LogP contribution in [-0.4, -0.2) is 41.3 Å². The van der Waals surface area contributed by atoms with Crippen LogP contribution in [0, 0.1) is 0 Å². The van der Waals surface area contributed by atoms with Crippen LogP contribution in [0.25, 0.3) is 17.0 Å². The highest BCUT2D eigenvalue weighted by atomic mass is 16.5. The fourth-order valence-electron chi connectivity index (χ4n) is 3.93. The molecule has 0 spiro atoms. The van der Waals surface area contributed by atoms with Crippen molar-refractivity contribution in [3.8, 4) is 11.4 Å². The highest BCUT2D eigenvalue weighted by Gasteiger charge is 2.35. The Kier molecular flexibility index (Phi) is 6.66. The van der Waals surface area contributed by atoms with Crippen LogP contribution in [0.2, 0.25) is 0 Å². The zero-order valence-corrected chi connectivity index (χ0v) is 18.7. The van der Waals surface area contributed by atoms with Crippen LogP contribution in [-0.2, 0) is 11.2 Å². The standard InChI is InChI=1S/C25H28N4O3/c1-4-18-11-13-19(14-12-18)22-21(17(2)29(25(30)26-22)15-8-16-31-3)24-27-23(28-32-24)20-9-6-5-7-10-20/h5-7,9-14,22H,4,8,15-16H2,1-3H3,(H,26,30). The zero-order valence-electron chi connectivity index (χ0n) is 18.7. The van der Waals surface area contributed by atoms with Crippen LogP contribution in [0.5, 0.6) is 0 Å². The lowest BCUT2D eigenvalue weighted by atomic mass is 9.93. The van der Waals surface area contributed by atoms with Gasteiger partial charge in [-0.15, -0.1) is 0 Å². The molecule has 2 aromatic carbocycles. The molecule has 3 aromatic rings. The van der Waals surface area contributed by atoms with E-state index in [0.717, 1.165) is 35.2 Å². The molecule has 1 aliphatic rings. The van der Waals surface area contributed by atoms with Gasteiger partial charge in [-0.25, -0.2) is 4.79 Å². The van der Waals surface area contributed by atoms with Crippen LogP contribution in [0.3, 0.4) is 0 Å². The van der Waals surface area contributed by atoms with Crippen molar-refractivity contribution in [3.05, 3.63) is 77.3 Å². The molecular weight excluding hydrogens is 404 g/mol. The summed E-state index contributed by atoms with van der Waals surface area (Å²) < 4.78 is 10.9. The van der Waals surface area contributed by atoms with Crippen LogP contribution in [0.1, 0.15) is 43.3 Å². The molecule has 1 aliphatic heterocycles. The van der Waals surface area contributed by atoms with Gasteiger partial charge in [-0.1, -0.05) is 66.7 Å². The number of hydrogen-bond donors (Lipinski definition) is 1. The van der Waals surface area contributed by atoms with E-state index in [0.29, 0.717) is 24.9 Å². The van der Waals surface area contributed by atoms with Gasteiger partial charge in [-0.2, -0.15) is 4.98 Å². The number of allylic oxidation sites excluding steroid dienone is 1. The highest BCUT2D eigenvalue weighted by molar-refractivity contribution is 5.86. The van der Waals surface area contributed by atoms with E-state index in [9.17, 15) is 4.79 Å². The maximum absolute atomic E-state index is 13.0. The number of amides is 2. The molecule has 2 amide bonds. The van der Waals surface area contributed by atoms with E-state index < -0.39 is 0 Å². The Bertz CT molecular complexity index is 1090. The minimum atomic E-state index is -0.379. The number of aryl methyl sites for hydroxylation is 1. The molecule has 1 aromatic heterocycles. The molecular formula is C25H28N4O3. The second-order valence-corrected chi connectivity index (χ2v) is 7.76. The first-order chi connectivity index (χ1) is 15.6. The summed E-state index contributed by atoms with van der Waals surface area (Å²) in [6.07, 6.45) is 1.68. The Labute approximate surface area is 188 Å². The summed E-state index contributed by atoms with van der Waals surface area (Å²) >= 11 is 0. The Balaban J connectivity index is 1.76. The van der Waals surface area contributed by atoms with Gasteiger partial charge in [-0.05, 0) is 30.9 Å². The molecule has 0 fully saturated rings. The first-order valence-corrected chi connectivity index (χ1v) is 10.9. The molecule has 32 heavy (non-hydrogen) atoms. The van der Waals surface area contributed by atoms with Gasteiger partial charge in [0.05, 0.1) is 11.6 Å². The van der Waals surface area contributed by atoms with Crippen LogP contribution < -0.4 is 5.32 Å². The van der Waals surface area contributed by atoms with E-state index in [1.54, 1.807) is 12.0 Å². The largest absolute Gasteiger partial charge is 0.385 e. The molecule has 2 heterocycles. The third-order valence-electron chi connectivity index (χ3n) is 5.74. The summed E-state index contributed by atoms with van der Waals surface area (Å²) in [6, 6.07) is 17.4. The van der Waals surface area contributed by atoms with Gasteiger partial charge < -0.3 is 14.6 Å². The number of aromatic nitrogens is 2. The van der Waals surface area contributed by atoms with Gasteiger partial charge in [0, 0.05) is 31.5 Å². The number of carbonyl (C=O) groups is 1. The predicted molar refractivity (Wildman–Crippen MR) is 123 cm³/mol. The van der Waals surface area contributed by atoms with Gasteiger partial charge in [0.2, 0.25) is 5.82 Å². The second kappa shape index (κ2) is 9.78. The topological polar surface area (TPSA) is 80.5 Å². The van der Waals surface area contributed by atoms with Gasteiger partial charge in [0.25, 0.3) is 5.89 Å². The number of rotatable bonds is 8. The second-order valence-electron chi connectivity index (χ2n) is 7.76. The first kappa shape index (κ1) is 21.8. The van der Waals surface area contributed by atoms with E-state index in [2.05, 4.69) is 34.5 Å². The third-order valence-corrected chi connectivity index (χ3v) is 5.74. The van der Waals surface area contributed by atoms with Crippen molar-refractivity contribution in [1.29, 1.82) is 0 Å². The molecule has 7 nitrogen and oxygen atoms in total. The van der Waals surface area contributed by atoms with Gasteiger partial charge in [-0.3, -0.25) is 4.90 Å². The van der Waals surface area contributed by atoms with Crippen LogP contribution >= 0.6 is 0 Å². The summed E-state index contributed by atoms with van der Waals surface area (Å²) in [5.74, 6) is 0.923. The lowest BCUT2D eigenvalue weighted by Gasteiger charge is -2.35. The number of methoxy groups -OCH3 is 1. The van der Waals surface area contributed by atoms with E-state index in [4.69, 9.17) is 9.26 Å². The number of hydrogen-bond acceptors (Lipinski definition) is 5. The van der Waals surface area contributed by atoms with Gasteiger partial charge >= 0.3 is 6.03 Å². The summed E-state index contributed by atoms with van der Waals surface area (Å²) in [7, 11) is 1.66. The Morgan fingerprint density at radius 2 is 1.88 bits per heavy atom. The molecule has 0 saturated heterocycles. The minimum absolute atomic E-state index is 0.144. The van der Waals surface area contributed by atoms with E-state index in [-0.39, 0.29) is 12.1 Å². The van der Waals surface area contributed by atoms with Gasteiger partial charge in [0.1, 0.15) is 0 Å². The number of nitrogens with zero attached hydrogens (tertiary/aromatic N) is 3. The Morgan fingerprint density at radius 3 is 2.56 bits per heavy atom. The Hall–Kier alpha value is -3.45. The summed E-state index contributed by atoms with van der Waals surface area (Å²) in [4.78, 5) is 19.4. The highest BCUT2D eigenvalue weighted by Crippen LogP contribution is 2.37. The summed E-state index contributed by atoms with van der Waals surface area (Å²) in [5.41, 5.74) is 4.70. The van der Waals surface area contributed by atoms with Crippen molar-refractivity contribution in [3.63, 3.8) is 0 Å². The predicted octanol–water partition coefficient (Wildman–Crippen LogP) is 4.83. The van der Waals surface area contributed by atoms with Crippen molar-refractivity contribution < 1.29 is 14.1 Å². The number of ether oxygens (including phenoxy) is 1. The fraction of sp³-hybridized carbons (Fsp3) is 0.320. The maximum atomic E-state index is 13.0. The number of benzene rings is 2. The number of carbonyl (C=O) groups excluding carboxylic acids is 1. The van der Waals surface area contributed by atoms with Crippen molar-refractivity contribution in [2.75, 3.05) is 20.3 Å². The monoisotopic (exact) mass is 432 g/mol. The molecule has 1 unspecified atom stereocenters. The van der Waals surface area contributed by atoms with Crippen molar-refractivity contribution in [2.45, 2.75) is 32.7 Å². The van der Waals surface area contributed by atoms with Gasteiger partial charge in [0.15, 0.2) is 0 Å². The molecule has 1 atom stereocenters. The molecule has 0 radical (unpaired) electrons. The number of nitrogens with one attached hydrogen (secondary N) is 1. The van der Waals surface area contributed by atoms with E-state index >= 15 is 0 Å². The maximum Gasteiger partial charge on any atom is 0.322 e.